The number of benzene rings is 2. The van der Waals surface area contributed by atoms with Gasteiger partial charge < -0.3 is 25.0 Å². The predicted molar refractivity (Wildman–Crippen MR) is 210 cm³/mol. The van der Waals surface area contributed by atoms with Gasteiger partial charge in [0.1, 0.15) is 17.7 Å². The van der Waals surface area contributed by atoms with Gasteiger partial charge >= 0.3 is 11.7 Å². The Kier molecular flexibility index (Phi) is 12.5. The molecule has 2 aliphatic rings. The van der Waals surface area contributed by atoms with Crippen LogP contribution >= 0.6 is 0 Å². The highest BCUT2D eigenvalue weighted by Gasteiger charge is 2.29. The molecule has 2 aromatic heterocycles. The largest absolute Gasteiger partial charge is 0.467 e. The van der Waals surface area contributed by atoms with Gasteiger partial charge in [-0.1, -0.05) is 12.2 Å². The third-order valence-corrected chi connectivity index (χ3v) is 11.4. The number of anilines is 2. The summed E-state index contributed by atoms with van der Waals surface area (Å²) in [6.45, 7) is 1.08. The molecule has 16 nitrogen and oxygen atoms in total. The quantitative estimate of drug-likeness (QED) is 0.101. The van der Waals surface area contributed by atoms with Crippen LogP contribution in [0.15, 0.2) is 87.6 Å². The Labute approximate surface area is 330 Å². The number of fused-ring (bicyclic) bond motifs is 1. The zero-order chi connectivity index (χ0) is 41.7. The van der Waals surface area contributed by atoms with Crippen molar-refractivity contribution in [3.63, 3.8) is 0 Å². The van der Waals surface area contributed by atoms with Crippen molar-refractivity contribution in [2.24, 2.45) is 18.9 Å². The molecule has 1 saturated heterocycles. The van der Waals surface area contributed by atoms with Crippen LogP contribution in [0.1, 0.15) is 36.0 Å². The molecule has 1 fully saturated rings. The first kappa shape index (κ1) is 41.4. The van der Waals surface area contributed by atoms with Crippen LogP contribution in [-0.4, -0.2) is 85.0 Å². The van der Waals surface area contributed by atoms with E-state index in [1.807, 2.05) is 9.53 Å². The normalized spacial score (nSPS) is 16.6. The standard InChI is InChI=1S/C38H37BF2N7O9S/c1-46-33-20-42-14-11-27(33)36(52)48(38(46)54)25-7-3-22(4-8-25)17-32(37(53)57-2)44-35(51)28-18-30(41)31(19-29(28)40)45-58(55,56)26-9-5-24(6-10-26)43-34(50)23-12-15-47(16-13-23)39-21-49/h3,5-11,14,18-23,32,45H,4,12-13,15-17H2,1-2H3,(H,43,50)(H,44,51)/t22?,32-/m0/s1. The highest BCUT2D eigenvalue weighted by molar-refractivity contribution is 7.92. The molecule has 58 heavy (non-hydrogen) atoms. The van der Waals surface area contributed by atoms with Crippen molar-refractivity contribution in [1.82, 2.24) is 24.2 Å². The molecule has 2 amide bonds. The number of methoxy groups -OCH3 is 1. The molecule has 301 valence electrons. The van der Waals surface area contributed by atoms with Gasteiger partial charge in [0.05, 0.1) is 46.5 Å². The number of hydrogen-bond acceptors (Lipinski definition) is 11. The van der Waals surface area contributed by atoms with Crippen molar-refractivity contribution in [3.05, 3.63) is 111 Å². The number of carbonyl (C=O) groups excluding carboxylic acids is 4. The van der Waals surface area contributed by atoms with Crippen molar-refractivity contribution in [2.75, 3.05) is 30.2 Å². The fourth-order valence-electron chi connectivity index (χ4n) is 6.77. The molecule has 3 heterocycles. The van der Waals surface area contributed by atoms with Crippen LogP contribution in [0.3, 0.4) is 0 Å². The zero-order valence-electron chi connectivity index (χ0n) is 31.2. The maximum Gasteiger partial charge on any atom is 0.335 e. The van der Waals surface area contributed by atoms with E-state index in [1.54, 1.807) is 12.2 Å². The monoisotopic (exact) mass is 816 g/mol. The van der Waals surface area contributed by atoms with Crippen molar-refractivity contribution in [3.8, 4) is 0 Å². The number of nitrogens with one attached hydrogen (secondary N) is 3. The van der Waals surface area contributed by atoms with E-state index >= 15 is 8.78 Å². The van der Waals surface area contributed by atoms with Gasteiger partial charge in [0.25, 0.3) is 28.9 Å². The van der Waals surface area contributed by atoms with Crippen LogP contribution in [0.4, 0.5) is 20.2 Å². The summed E-state index contributed by atoms with van der Waals surface area (Å²) in [6, 6.07) is 6.18. The Bertz CT molecular complexity index is 2570. The Morgan fingerprint density at radius 2 is 1.79 bits per heavy atom. The van der Waals surface area contributed by atoms with Crippen LogP contribution in [0.2, 0.25) is 0 Å². The number of aryl methyl sites for hydroxylation is 1. The van der Waals surface area contributed by atoms with Crippen LogP contribution in [0.5, 0.6) is 0 Å². The van der Waals surface area contributed by atoms with Crippen LogP contribution < -0.4 is 26.6 Å². The lowest BCUT2D eigenvalue weighted by molar-refractivity contribution is -0.143. The second-order valence-corrected chi connectivity index (χ2v) is 15.4. The summed E-state index contributed by atoms with van der Waals surface area (Å²) in [4.78, 5) is 81.0. The molecular weight excluding hydrogens is 779 g/mol. The second-order valence-electron chi connectivity index (χ2n) is 13.7. The molecule has 0 saturated carbocycles. The van der Waals surface area contributed by atoms with E-state index in [-0.39, 0.29) is 34.9 Å². The topological polar surface area (TPSA) is 208 Å². The summed E-state index contributed by atoms with van der Waals surface area (Å²) in [7, 11) is -0.452. The molecule has 2 atom stereocenters. The van der Waals surface area contributed by atoms with Gasteiger partial charge in [0, 0.05) is 36.6 Å². The van der Waals surface area contributed by atoms with E-state index in [0.29, 0.717) is 61.2 Å². The highest BCUT2D eigenvalue weighted by atomic mass is 32.2. The smallest absolute Gasteiger partial charge is 0.335 e. The summed E-state index contributed by atoms with van der Waals surface area (Å²) in [6.07, 6.45) is 9.58. The molecule has 6 rings (SSSR count). The fraction of sp³-hybridized carbons (Fsp3) is 0.289. The lowest BCUT2D eigenvalue weighted by Gasteiger charge is -2.29. The Hall–Kier alpha value is -6.28. The molecule has 1 unspecified atom stereocenters. The average Bonchev–Trinajstić information content (AvgIpc) is 3.21. The first-order chi connectivity index (χ1) is 27.7. The van der Waals surface area contributed by atoms with Gasteiger partial charge in [-0.25, -0.2) is 31.4 Å². The molecule has 2 aromatic carbocycles. The molecule has 20 heteroatoms. The maximum atomic E-state index is 15.3. The van der Waals surface area contributed by atoms with E-state index in [4.69, 9.17) is 4.74 Å². The second kappa shape index (κ2) is 17.5. The third kappa shape index (κ3) is 8.97. The van der Waals surface area contributed by atoms with Gasteiger partial charge in [0.2, 0.25) is 5.91 Å². The van der Waals surface area contributed by atoms with Crippen molar-refractivity contribution in [1.29, 1.82) is 0 Å². The Morgan fingerprint density at radius 1 is 1.07 bits per heavy atom. The molecule has 0 spiro atoms. The number of ether oxygens (including phenoxy) is 1. The van der Waals surface area contributed by atoms with E-state index in [0.717, 1.165) is 11.7 Å². The number of allylic oxidation sites excluding steroid dienone is 4. The number of hydrogen-bond donors (Lipinski definition) is 3. The first-order valence-electron chi connectivity index (χ1n) is 18.0. The number of pyridine rings is 1. The summed E-state index contributed by atoms with van der Waals surface area (Å²) in [5.41, 5.74) is -1.77. The SMILES string of the molecule is COC(=O)[C@H](CC1C=CC(n2c(=O)c3ccncc3n(C)c2=O)=CC1)NC(=O)c1cc(F)c(NS(=O)(=O)c2ccc(NC(=O)C3CCN([B]C=O)CC3)cc2)cc1F. The lowest BCUT2D eigenvalue weighted by atomic mass is 9.87. The summed E-state index contributed by atoms with van der Waals surface area (Å²) >= 11 is 0. The minimum Gasteiger partial charge on any atom is -0.467 e. The number of sulfonamides is 1. The van der Waals surface area contributed by atoms with Crippen LogP contribution in [0.25, 0.3) is 16.6 Å². The van der Waals surface area contributed by atoms with Crippen LogP contribution in [-0.2, 0) is 36.2 Å². The first-order valence-corrected chi connectivity index (χ1v) is 19.5. The third-order valence-electron chi connectivity index (χ3n) is 9.98. The van der Waals surface area contributed by atoms with Crippen molar-refractivity contribution >= 4 is 69.4 Å². The molecule has 1 radical (unpaired) electrons. The number of aromatic nitrogens is 3. The van der Waals surface area contributed by atoms with E-state index in [2.05, 4.69) is 15.6 Å². The van der Waals surface area contributed by atoms with Crippen molar-refractivity contribution in [2.45, 2.75) is 36.6 Å². The number of piperidine rings is 1. The van der Waals surface area contributed by atoms with Gasteiger partial charge in [-0.2, -0.15) is 0 Å². The number of nitrogens with zero attached hydrogens (tertiary/aromatic N) is 4. The molecule has 4 aromatic rings. The van der Waals surface area contributed by atoms with Gasteiger partial charge in [0.15, 0.2) is 0 Å². The minimum absolute atomic E-state index is 0.0555. The number of halogens is 2. The van der Waals surface area contributed by atoms with Gasteiger partial charge in [-0.15, -0.1) is 0 Å². The maximum absolute atomic E-state index is 15.3. The van der Waals surface area contributed by atoms with Gasteiger partial charge in [-0.3, -0.25) is 28.7 Å². The summed E-state index contributed by atoms with van der Waals surface area (Å²) in [5.74, 6) is -5.62. The molecule has 0 bridgehead atoms. The molecular formula is C38H37BF2N7O9S. The number of rotatable bonds is 13. The number of carbonyl (C=O) groups is 4. The Balaban J connectivity index is 1.09. The van der Waals surface area contributed by atoms with E-state index in [1.165, 1.54) is 67.8 Å². The van der Waals surface area contributed by atoms with Crippen LogP contribution in [0, 0.1) is 23.5 Å². The number of esters is 1. The van der Waals surface area contributed by atoms with Crippen molar-refractivity contribution < 1.29 is 41.1 Å². The Morgan fingerprint density at radius 3 is 2.45 bits per heavy atom. The van der Waals surface area contributed by atoms with E-state index < -0.39 is 68.0 Å². The molecule has 3 N–H and O–H groups in total. The lowest BCUT2D eigenvalue weighted by Crippen LogP contribution is -2.43. The average molecular weight is 817 g/mol. The number of amides is 2. The highest BCUT2D eigenvalue weighted by Crippen LogP contribution is 2.26. The summed E-state index contributed by atoms with van der Waals surface area (Å²) < 4.78 is 65.9. The summed E-state index contributed by atoms with van der Waals surface area (Å²) in [5, 5.41) is 5.36. The van der Waals surface area contributed by atoms with E-state index in [9.17, 15) is 37.2 Å². The molecule has 1 aliphatic heterocycles. The molecule has 1 aliphatic carbocycles. The predicted octanol–water partition coefficient (Wildman–Crippen LogP) is 2.41. The fourth-order valence-corrected chi connectivity index (χ4v) is 7.83. The zero-order valence-corrected chi connectivity index (χ0v) is 32.0. The minimum atomic E-state index is -4.47. The van der Waals surface area contributed by atoms with Gasteiger partial charge in [-0.05, 0) is 87.2 Å².